The molecule has 0 spiro atoms. The number of amides is 1. The summed E-state index contributed by atoms with van der Waals surface area (Å²) in [4.78, 5) is 21.7. The average molecular weight is 396 g/mol. The molecule has 8 heteroatoms. The van der Waals surface area contributed by atoms with Gasteiger partial charge in [-0.1, -0.05) is 19.3 Å². The molecule has 1 amide bonds. The summed E-state index contributed by atoms with van der Waals surface area (Å²) in [6.45, 7) is -0.384. The first-order valence-electron chi connectivity index (χ1n) is 10.0. The number of aromatic nitrogens is 4. The lowest BCUT2D eigenvalue weighted by molar-refractivity contribution is -0.120. The summed E-state index contributed by atoms with van der Waals surface area (Å²) in [5.41, 5.74) is 2.26. The van der Waals surface area contributed by atoms with Gasteiger partial charge in [0.2, 0.25) is 5.91 Å². The summed E-state index contributed by atoms with van der Waals surface area (Å²) < 4.78 is 14.6. The first-order chi connectivity index (χ1) is 14.2. The second-order valence-electron chi connectivity index (χ2n) is 7.48. The zero-order valence-corrected chi connectivity index (χ0v) is 16.5. The van der Waals surface area contributed by atoms with E-state index in [1.807, 2.05) is 19.3 Å². The smallest absolute Gasteiger partial charge is 0.228 e. The predicted octanol–water partition coefficient (Wildman–Crippen LogP) is 3.93. The van der Waals surface area contributed by atoms with E-state index in [1.54, 1.807) is 23.3 Å². The van der Waals surface area contributed by atoms with E-state index in [2.05, 4.69) is 25.7 Å². The molecular formula is C21H25FN6O. The van der Waals surface area contributed by atoms with Crippen LogP contribution in [0.1, 0.15) is 32.1 Å². The van der Waals surface area contributed by atoms with Crippen molar-refractivity contribution in [3.05, 3.63) is 30.9 Å². The van der Waals surface area contributed by atoms with Crippen LogP contribution in [0.4, 0.5) is 15.9 Å². The molecular weight excluding hydrogens is 371 g/mol. The second-order valence-corrected chi connectivity index (χ2v) is 7.48. The number of anilines is 2. The van der Waals surface area contributed by atoms with E-state index in [1.165, 1.54) is 6.42 Å². The molecule has 0 atom stereocenters. The molecule has 1 saturated carbocycles. The highest BCUT2D eigenvalue weighted by molar-refractivity contribution is 6.04. The summed E-state index contributed by atoms with van der Waals surface area (Å²) in [7, 11) is 1.85. The van der Waals surface area contributed by atoms with Crippen molar-refractivity contribution in [2.45, 2.75) is 32.1 Å². The van der Waals surface area contributed by atoms with Crippen molar-refractivity contribution in [1.29, 1.82) is 0 Å². The Kier molecular flexibility index (Phi) is 5.69. The van der Waals surface area contributed by atoms with Gasteiger partial charge in [-0.25, -0.2) is 9.37 Å². The highest BCUT2D eigenvalue weighted by atomic mass is 19.1. The van der Waals surface area contributed by atoms with E-state index < -0.39 is 6.67 Å². The molecule has 4 rings (SSSR count). The van der Waals surface area contributed by atoms with Crippen molar-refractivity contribution >= 4 is 28.2 Å². The van der Waals surface area contributed by atoms with Gasteiger partial charge in [-0.2, -0.15) is 5.10 Å². The average Bonchev–Trinajstić information content (AvgIpc) is 3.19. The standard InChI is InChI=1S/C21H25FN6O/c1-28-13-16(12-26-28)18-9-17-15(10-24-18)11-25-20(19(17)23-8-7-22)27-21(29)14-5-3-2-4-6-14/h9-14,23H,2-8H2,1H3,(H,25,27,29). The summed E-state index contributed by atoms with van der Waals surface area (Å²) >= 11 is 0. The number of rotatable bonds is 6. The van der Waals surface area contributed by atoms with Crippen LogP contribution in [0, 0.1) is 5.92 Å². The predicted molar refractivity (Wildman–Crippen MR) is 111 cm³/mol. The highest BCUT2D eigenvalue weighted by Crippen LogP contribution is 2.33. The van der Waals surface area contributed by atoms with Crippen LogP contribution >= 0.6 is 0 Å². The lowest BCUT2D eigenvalue weighted by Gasteiger charge is -2.21. The van der Waals surface area contributed by atoms with E-state index in [0.717, 1.165) is 47.7 Å². The molecule has 0 saturated heterocycles. The number of alkyl halides is 1. The van der Waals surface area contributed by atoms with E-state index >= 15 is 0 Å². The fourth-order valence-electron chi connectivity index (χ4n) is 3.85. The van der Waals surface area contributed by atoms with E-state index in [-0.39, 0.29) is 18.4 Å². The van der Waals surface area contributed by atoms with Crippen LogP contribution in [-0.4, -0.2) is 38.9 Å². The van der Waals surface area contributed by atoms with Crippen molar-refractivity contribution in [2.24, 2.45) is 13.0 Å². The maximum atomic E-state index is 12.9. The van der Waals surface area contributed by atoms with Crippen molar-refractivity contribution < 1.29 is 9.18 Å². The Morgan fingerprint density at radius 3 is 2.72 bits per heavy atom. The summed E-state index contributed by atoms with van der Waals surface area (Å²) in [5.74, 6) is 0.435. The molecule has 3 aromatic rings. The molecule has 152 valence electrons. The summed E-state index contributed by atoms with van der Waals surface area (Å²) in [6.07, 6.45) is 12.2. The van der Waals surface area contributed by atoms with E-state index in [0.29, 0.717) is 11.5 Å². The monoisotopic (exact) mass is 396 g/mol. The second kappa shape index (κ2) is 8.55. The molecule has 3 aromatic heterocycles. The number of nitrogens with one attached hydrogen (secondary N) is 2. The quantitative estimate of drug-likeness (QED) is 0.659. The molecule has 0 unspecified atom stereocenters. The van der Waals surface area contributed by atoms with E-state index in [9.17, 15) is 9.18 Å². The van der Waals surface area contributed by atoms with Crippen LogP contribution in [0.2, 0.25) is 0 Å². The van der Waals surface area contributed by atoms with Gasteiger partial charge >= 0.3 is 0 Å². The molecule has 1 aliphatic rings. The number of fused-ring (bicyclic) bond motifs is 1. The Morgan fingerprint density at radius 1 is 1.21 bits per heavy atom. The molecule has 3 heterocycles. The molecule has 0 aromatic carbocycles. The maximum absolute atomic E-state index is 12.9. The Labute approximate surface area is 168 Å². The van der Waals surface area contributed by atoms with Gasteiger partial charge in [0.25, 0.3) is 0 Å². The largest absolute Gasteiger partial charge is 0.379 e. The number of aryl methyl sites for hydroxylation is 1. The molecule has 2 N–H and O–H groups in total. The minimum absolute atomic E-state index is 0.0126. The fourth-order valence-corrected chi connectivity index (χ4v) is 3.85. The summed E-state index contributed by atoms with van der Waals surface area (Å²) in [6, 6.07) is 1.92. The number of carbonyl (C=O) groups is 1. The van der Waals surface area contributed by atoms with Crippen LogP contribution in [0.15, 0.2) is 30.9 Å². The Morgan fingerprint density at radius 2 is 2.00 bits per heavy atom. The van der Waals surface area contributed by atoms with Crippen LogP contribution in [0.3, 0.4) is 0 Å². The van der Waals surface area contributed by atoms with Crippen LogP contribution in [-0.2, 0) is 11.8 Å². The third kappa shape index (κ3) is 4.21. The van der Waals surface area contributed by atoms with Gasteiger partial charge in [0.05, 0.1) is 17.6 Å². The summed E-state index contributed by atoms with van der Waals surface area (Å²) in [5, 5.41) is 11.9. The number of pyridine rings is 2. The molecule has 7 nitrogen and oxygen atoms in total. The number of hydrogen-bond donors (Lipinski definition) is 2. The minimum Gasteiger partial charge on any atom is -0.379 e. The third-order valence-corrected chi connectivity index (χ3v) is 5.39. The van der Waals surface area contributed by atoms with Crippen LogP contribution in [0.5, 0.6) is 0 Å². The van der Waals surface area contributed by atoms with E-state index in [4.69, 9.17) is 0 Å². The zero-order chi connectivity index (χ0) is 20.2. The molecule has 29 heavy (non-hydrogen) atoms. The Bertz CT molecular complexity index is 1010. The molecule has 1 aliphatic carbocycles. The van der Waals surface area contributed by atoms with Gasteiger partial charge in [-0.3, -0.25) is 14.5 Å². The van der Waals surface area contributed by atoms with Crippen molar-refractivity contribution in [3.63, 3.8) is 0 Å². The van der Waals surface area contributed by atoms with Crippen molar-refractivity contribution in [3.8, 4) is 11.3 Å². The molecule has 0 aliphatic heterocycles. The maximum Gasteiger partial charge on any atom is 0.228 e. The van der Waals surface area contributed by atoms with Gasteiger partial charge in [-0.05, 0) is 18.9 Å². The van der Waals surface area contributed by atoms with Crippen LogP contribution in [0.25, 0.3) is 22.0 Å². The Balaban J connectivity index is 1.71. The molecule has 0 radical (unpaired) electrons. The van der Waals surface area contributed by atoms with Crippen molar-refractivity contribution in [2.75, 3.05) is 23.9 Å². The highest BCUT2D eigenvalue weighted by Gasteiger charge is 2.23. The third-order valence-electron chi connectivity index (χ3n) is 5.39. The normalized spacial score (nSPS) is 14.8. The van der Waals surface area contributed by atoms with Gasteiger partial charge < -0.3 is 10.6 Å². The topological polar surface area (TPSA) is 84.7 Å². The minimum atomic E-state index is -0.521. The first kappa shape index (κ1) is 19.3. The fraction of sp³-hybridized carbons (Fsp3) is 0.429. The first-order valence-corrected chi connectivity index (χ1v) is 10.0. The van der Waals surface area contributed by atoms with Crippen LogP contribution < -0.4 is 10.6 Å². The number of halogens is 1. The van der Waals surface area contributed by atoms with Gasteiger partial charge in [0.15, 0.2) is 5.82 Å². The number of hydrogen-bond acceptors (Lipinski definition) is 5. The molecule has 1 fully saturated rings. The van der Waals surface area contributed by atoms with Crippen molar-refractivity contribution in [1.82, 2.24) is 19.7 Å². The number of nitrogens with zero attached hydrogens (tertiary/aromatic N) is 4. The van der Waals surface area contributed by atoms with Gasteiger partial charge in [0, 0.05) is 54.4 Å². The SMILES string of the molecule is Cn1cc(-c2cc3c(NCCF)c(NC(=O)C4CCCCC4)ncc3cn2)cn1. The Hall–Kier alpha value is -3.03. The molecule has 0 bridgehead atoms. The number of carbonyl (C=O) groups excluding carboxylic acids is 1. The lowest BCUT2D eigenvalue weighted by Crippen LogP contribution is -2.25. The van der Waals surface area contributed by atoms with Gasteiger partial charge in [0.1, 0.15) is 6.67 Å². The zero-order valence-electron chi connectivity index (χ0n) is 16.5. The van der Waals surface area contributed by atoms with Gasteiger partial charge in [-0.15, -0.1) is 0 Å². The lowest BCUT2D eigenvalue weighted by atomic mass is 9.88.